The molecular formula is C27H48O4Si. The van der Waals surface area contributed by atoms with E-state index in [9.17, 15) is 0 Å². The lowest BCUT2D eigenvalue weighted by molar-refractivity contribution is -0.305. The van der Waals surface area contributed by atoms with E-state index in [1.54, 1.807) is 0 Å². The van der Waals surface area contributed by atoms with Crippen molar-refractivity contribution in [2.24, 2.45) is 5.41 Å². The Morgan fingerprint density at radius 1 is 1.03 bits per heavy atom. The SMILES string of the molecule is CC[C@@H]1C[C@H](C[C@H](OCc2ccccc2)C(C)(C)CO[Si](C)(C)C(C)(C)C)OC(C)(C)O1. The molecule has 1 aliphatic rings. The smallest absolute Gasteiger partial charge is 0.192 e. The zero-order chi connectivity index (χ0) is 24.2. The van der Waals surface area contributed by atoms with Gasteiger partial charge in [-0.05, 0) is 44.0 Å². The summed E-state index contributed by atoms with van der Waals surface area (Å²) in [5, 5.41) is 0.186. The van der Waals surface area contributed by atoms with Crippen LogP contribution in [0, 0.1) is 5.41 Å². The molecule has 0 radical (unpaired) electrons. The van der Waals surface area contributed by atoms with Crippen LogP contribution in [0.1, 0.15) is 80.2 Å². The van der Waals surface area contributed by atoms with Crippen LogP contribution in [0.15, 0.2) is 30.3 Å². The molecule has 1 aliphatic heterocycles. The standard InChI is InChI=1S/C27H48O4Si/c1-11-22-17-23(31-27(7,8)30-22)18-24(28-19-21-15-13-12-14-16-21)26(5,6)20-29-32(9,10)25(2,3)4/h12-16,22-24H,11,17-20H2,1-10H3/t22-,23-,24+/m1/s1. The summed E-state index contributed by atoms with van der Waals surface area (Å²) in [5.41, 5.74) is 1.05. The average Bonchev–Trinajstić information content (AvgIpc) is 2.68. The molecule has 0 spiro atoms. The molecule has 1 heterocycles. The first-order chi connectivity index (χ1) is 14.7. The number of ether oxygens (including phenoxy) is 3. The summed E-state index contributed by atoms with van der Waals surface area (Å²) in [4.78, 5) is 0. The number of hydrogen-bond acceptors (Lipinski definition) is 4. The Labute approximate surface area is 198 Å². The van der Waals surface area contributed by atoms with Gasteiger partial charge in [0, 0.05) is 24.9 Å². The molecule has 4 nitrogen and oxygen atoms in total. The van der Waals surface area contributed by atoms with Crippen molar-refractivity contribution in [3.05, 3.63) is 35.9 Å². The quantitative estimate of drug-likeness (QED) is 0.340. The fraction of sp³-hybridized carbons (Fsp3) is 0.778. The van der Waals surface area contributed by atoms with Gasteiger partial charge in [-0.1, -0.05) is 71.9 Å². The summed E-state index contributed by atoms with van der Waals surface area (Å²) in [6.07, 6.45) is 3.09. The zero-order valence-electron chi connectivity index (χ0n) is 22.3. The van der Waals surface area contributed by atoms with Crippen molar-refractivity contribution in [2.45, 2.75) is 123 Å². The van der Waals surface area contributed by atoms with E-state index in [0.717, 1.165) is 19.3 Å². The summed E-state index contributed by atoms with van der Waals surface area (Å²) in [5.74, 6) is -0.560. The van der Waals surface area contributed by atoms with E-state index in [2.05, 4.69) is 78.9 Å². The van der Waals surface area contributed by atoms with Gasteiger partial charge >= 0.3 is 0 Å². The molecule has 1 saturated heterocycles. The molecule has 32 heavy (non-hydrogen) atoms. The van der Waals surface area contributed by atoms with E-state index in [-0.39, 0.29) is 28.8 Å². The van der Waals surface area contributed by atoms with Crippen molar-refractivity contribution in [1.82, 2.24) is 0 Å². The van der Waals surface area contributed by atoms with E-state index in [4.69, 9.17) is 18.6 Å². The normalized spacial score (nSPS) is 23.2. The van der Waals surface area contributed by atoms with Crippen LogP contribution in [0.2, 0.25) is 18.1 Å². The van der Waals surface area contributed by atoms with E-state index in [1.807, 2.05) is 19.9 Å². The summed E-state index contributed by atoms with van der Waals surface area (Å²) < 4.78 is 25.7. The predicted molar refractivity (Wildman–Crippen MR) is 135 cm³/mol. The highest BCUT2D eigenvalue weighted by Crippen LogP contribution is 2.40. The van der Waals surface area contributed by atoms with Gasteiger partial charge in [-0.2, -0.15) is 0 Å². The van der Waals surface area contributed by atoms with Crippen LogP contribution in [0.4, 0.5) is 0 Å². The molecule has 184 valence electrons. The fourth-order valence-corrected chi connectivity index (χ4v) is 5.08. The molecule has 0 N–H and O–H groups in total. The average molecular weight is 465 g/mol. The summed E-state index contributed by atoms with van der Waals surface area (Å²) in [6.45, 7) is 23.6. The Morgan fingerprint density at radius 2 is 1.62 bits per heavy atom. The monoisotopic (exact) mass is 464 g/mol. The molecule has 0 saturated carbocycles. The molecule has 0 aliphatic carbocycles. The van der Waals surface area contributed by atoms with Gasteiger partial charge in [0.15, 0.2) is 14.1 Å². The number of hydrogen-bond donors (Lipinski definition) is 0. The van der Waals surface area contributed by atoms with E-state index in [0.29, 0.717) is 13.2 Å². The zero-order valence-corrected chi connectivity index (χ0v) is 23.3. The Kier molecular flexibility index (Phi) is 9.19. The van der Waals surface area contributed by atoms with Gasteiger partial charge in [0.25, 0.3) is 0 Å². The highest BCUT2D eigenvalue weighted by Gasteiger charge is 2.42. The van der Waals surface area contributed by atoms with Crippen LogP contribution in [0.5, 0.6) is 0 Å². The maximum Gasteiger partial charge on any atom is 0.192 e. The molecule has 5 heteroatoms. The Balaban J connectivity index is 2.17. The van der Waals surface area contributed by atoms with Gasteiger partial charge in [-0.25, -0.2) is 0 Å². The predicted octanol–water partition coefficient (Wildman–Crippen LogP) is 7.33. The second-order valence-corrected chi connectivity index (χ2v) is 16.9. The third-order valence-electron chi connectivity index (χ3n) is 7.14. The third-order valence-corrected chi connectivity index (χ3v) is 11.6. The van der Waals surface area contributed by atoms with Crippen molar-refractivity contribution in [1.29, 1.82) is 0 Å². The van der Waals surface area contributed by atoms with Crippen LogP contribution in [0.3, 0.4) is 0 Å². The minimum Gasteiger partial charge on any atom is -0.416 e. The Bertz CT molecular complexity index is 693. The van der Waals surface area contributed by atoms with Crippen molar-refractivity contribution >= 4 is 8.32 Å². The van der Waals surface area contributed by atoms with Crippen LogP contribution < -0.4 is 0 Å². The molecule has 1 aromatic rings. The van der Waals surface area contributed by atoms with Gasteiger partial charge in [0.2, 0.25) is 0 Å². The Hall–Kier alpha value is -0.723. The van der Waals surface area contributed by atoms with Crippen molar-refractivity contribution < 1.29 is 18.6 Å². The molecule has 0 aromatic heterocycles. The highest BCUT2D eigenvalue weighted by molar-refractivity contribution is 6.74. The highest BCUT2D eigenvalue weighted by atomic mass is 28.4. The third kappa shape index (κ3) is 7.95. The number of rotatable bonds is 10. The van der Waals surface area contributed by atoms with Gasteiger partial charge in [-0.3, -0.25) is 0 Å². The molecule has 0 unspecified atom stereocenters. The molecule has 0 bridgehead atoms. The molecule has 1 aromatic carbocycles. The lowest BCUT2D eigenvalue weighted by Gasteiger charge is -2.45. The minimum absolute atomic E-state index is 0.0175. The summed E-state index contributed by atoms with van der Waals surface area (Å²) in [6, 6.07) is 10.4. The van der Waals surface area contributed by atoms with Crippen LogP contribution in [-0.4, -0.2) is 39.0 Å². The second-order valence-electron chi connectivity index (χ2n) is 12.1. The lowest BCUT2D eigenvalue weighted by Crippen LogP contribution is -2.49. The largest absolute Gasteiger partial charge is 0.416 e. The lowest BCUT2D eigenvalue weighted by atomic mass is 9.83. The van der Waals surface area contributed by atoms with Gasteiger partial charge in [0.1, 0.15) is 0 Å². The van der Waals surface area contributed by atoms with Gasteiger partial charge in [0.05, 0.1) is 24.9 Å². The van der Waals surface area contributed by atoms with Crippen LogP contribution >= 0.6 is 0 Å². The maximum atomic E-state index is 6.66. The van der Waals surface area contributed by atoms with Crippen LogP contribution in [0.25, 0.3) is 0 Å². The Morgan fingerprint density at radius 3 is 2.19 bits per heavy atom. The minimum atomic E-state index is -1.85. The first-order valence-corrected chi connectivity index (χ1v) is 15.2. The van der Waals surface area contributed by atoms with Gasteiger partial charge in [-0.15, -0.1) is 0 Å². The maximum absolute atomic E-state index is 6.66. The molecule has 1 fully saturated rings. The van der Waals surface area contributed by atoms with E-state index < -0.39 is 14.1 Å². The fourth-order valence-electron chi connectivity index (χ4n) is 3.91. The first-order valence-electron chi connectivity index (χ1n) is 12.3. The van der Waals surface area contributed by atoms with Crippen molar-refractivity contribution in [3.8, 4) is 0 Å². The second kappa shape index (κ2) is 10.7. The number of benzene rings is 1. The first kappa shape index (κ1) is 27.5. The van der Waals surface area contributed by atoms with Crippen LogP contribution in [-0.2, 0) is 25.2 Å². The van der Waals surface area contributed by atoms with E-state index in [1.165, 1.54) is 5.56 Å². The molecule has 2 rings (SSSR count). The van der Waals surface area contributed by atoms with E-state index >= 15 is 0 Å². The van der Waals surface area contributed by atoms with Crippen molar-refractivity contribution in [3.63, 3.8) is 0 Å². The van der Waals surface area contributed by atoms with Crippen molar-refractivity contribution in [2.75, 3.05) is 6.61 Å². The molecule has 0 amide bonds. The topological polar surface area (TPSA) is 36.9 Å². The molecule has 3 atom stereocenters. The molecular weight excluding hydrogens is 416 g/mol. The van der Waals surface area contributed by atoms with Gasteiger partial charge < -0.3 is 18.6 Å². The summed E-state index contributed by atoms with van der Waals surface area (Å²) >= 11 is 0. The summed E-state index contributed by atoms with van der Waals surface area (Å²) in [7, 11) is -1.85.